The van der Waals surface area contributed by atoms with Crippen LogP contribution in [0.4, 0.5) is 10.6 Å². The number of aromatic nitrogens is 1. The number of halogens is 1. The number of nitrogens with one attached hydrogen (secondary N) is 1. The van der Waals surface area contributed by atoms with Crippen LogP contribution in [0.25, 0.3) is 5.76 Å². The fraction of sp³-hybridized carbons (Fsp3) is 0.269. The van der Waals surface area contributed by atoms with E-state index in [0.29, 0.717) is 6.42 Å². The Morgan fingerprint density at radius 1 is 1.13 bits per heavy atom. The highest BCUT2D eigenvalue weighted by atomic mass is 35.5. The van der Waals surface area contributed by atoms with Crippen LogP contribution in [0.5, 0.6) is 0 Å². The lowest BCUT2D eigenvalue weighted by atomic mass is 10.1. The van der Waals surface area contributed by atoms with Crippen molar-refractivity contribution in [3.63, 3.8) is 0 Å². The Bertz CT molecular complexity index is 1510. The Kier molecular flexibility index (Phi) is 8.78. The van der Waals surface area contributed by atoms with Gasteiger partial charge in [-0.3, -0.25) is 9.10 Å². The second-order valence-corrected chi connectivity index (χ2v) is 12.0. The predicted molar refractivity (Wildman–Crippen MR) is 147 cm³/mol. The first-order valence-corrected chi connectivity index (χ1v) is 14.6. The zero-order valence-electron chi connectivity index (χ0n) is 21.3. The van der Waals surface area contributed by atoms with Gasteiger partial charge in [0.1, 0.15) is 10.7 Å². The molecule has 0 aliphatic carbocycles. The third-order valence-corrected chi connectivity index (χ3v) is 8.80. The van der Waals surface area contributed by atoms with E-state index < -0.39 is 28.4 Å². The molecule has 1 aliphatic rings. The van der Waals surface area contributed by atoms with E-state index in [1.165, 1.54) is 20.0 Å². The molecular formula is C26H26ClN3O7S2. The first kappa shape index (κ1) is 28.4. The van der Waals surface area contributed by atoms with Crippen molar-refractivity contribution in [1.29, 1.82) is 0 Å². The number of anilines is 1. The minimum absolute atomic E-state index is 0.0883. The summed E-state index contributed by atoms with van der Waals surface area (Å²) in [6, 6.07) is 16.4. The SMILES string of the molecule is CCOC(=O)OC(C)OC1=C(C(=O)Nc2cccc(CCc3ccccc3)n2)N(C)S(=O)(=O)c2cc(Cl)sc21. The van der Waals surface area contributed by atoms with Crippen molar-refractivity contribution in [2.45, 2.75) is 37.9 Å². The molecule has 1 aromatic carbocycles. The van der Waals surface area contributed by atoms with Gasteiger partial charge in [-0.1, -0.05) is 48.0 Å². The summed E-state index contributed by atoms with van der Waals surface area (Å²) >= 11 is 7.06. The van der Waals surface area contributed by atoms with Gasteiger partial charge in [0.05, 0.1) is 15.8 Å². The number of sulfonamides is 1. The summed E-state index contributed by atoms with van der Waals surface area (Å²) in [5.74, 6) is -0.676. The monoisotopic (exact) mass is 591 g/mol. The van der Waals surface area contributed by atoms with Crippen LogP contribution in [-0.4, -0.2) is 49.7 Å². The van der Waals surface area contributed by atoms with E-state index in [0.717, 1.165) is 33.3 Å². The largest absolute Gasteiger partial charge is 0.511 e. The number of rotatable bonds is 9. The number of nitrogens with zero attached hydrogens (tertiary/aromatic N) is 2. The van der Waals surface area contributed by atoms with Crippen LogP contribution >= 0.6 is 22.9 Å². The third kappa shape index (κ3) is 6.52. The lowest BCUT2D eigenvalue weighted by molar-refractivity contribution is -0.114. The van der Waals surface area contributed by atoms with E-state index in [1.807, 2.05) is 36.4 Å². The summed E-state index contributed by atoms with van der Waals surface area (Å²) in [5.41, 5.74) is 1.58. The van der Waals surface area contributed by atoms with Crippen LogP contribution < -0.4 is 5.32 Å². The topological polar surface area (TPSA) is 124 Å². The lowest BCUT2D eigenvalue weighted by Gasteiger charge is -2.29. The molecular weight excluding hydrogens is 566 g/mol. The fourth-order valence-corrected chi connectivity index (χ4v) is 6.81. The van der Waals surface area contributed by atoms with Crippen molar-refractivity contribution in [2.75, 3.05) is 19.0 Å². The molecule has 0 saturated carbocycles. The number of carbonyl (C=O) groups is 2. The Balaban J connectivity index is 1.64. The maximum absolute atomic E-state index is 13.5. The van der Waals surface area contributed by atoms with E-state index in [1.54, 1.807) is 19.1 Å². The zero-order valence-corrected chi connectivity index (χ0v) is 23.7. The summed E-state index contributed by atoms with van der Waals surface area (Å²) in [7, 11) is -2.90. The van der Waals surface area contributed by atoms with E-state index in [-0.39, 0.29) is 38.0 Å². The van der Waals surface area contributed by atoms with Crippen molar-refractivity contribution in [2.24, 2.45) is 0 Å². The van der Waals surface area contributed by atoms with Crippen molar-refractivity contribution in [3.8, 4) is 0 Å². The fourth-order valence-electron chi connectivity index (χ4n) is 3.83. The van der Waals surface area contributed by atoms with Crippen molar-refractivity contribution in [1.82, 2.24) is 9.29 Å². The minimum atomic E-state index is -4.13. The summed E-state index contributed by atoms with van der Waals surface area (Å²) in [4.78, 5) is 29.8. The van der Waals surface area contributed by atoms with Crippen LogP contribution in [0.3, 0.4) is 0 Å². The lowest BCUT2D eigenvalue weighted by Crippen LogP contribution is -2.37. The van der Waals surface area contributed by atoms with Crippen molar-refractivity contribution in [3.05, 3.63) is 80.8 Å². The second-order valence-electron chi connectivity index (χ2n) is 8.33. The highest BCUT2D eigenvalue weighted by molar-refractivity contribution is 7.89. The normalized spacial score (nSPS) is 14.8. The van der Waals surface area contributed by atoms with Gasteiger partial charge in [0, 0.05) is 19.7 Å². The Labute approximate surface area is 235 Å². The quantitative estimate of drug-likeness (QED) is 0.270. The average Bonchev–Trinajstić information content (AvgIpc) is 3.30. The van der Waals surface area contributed by atoms with Crippen LogP contribution in [0, 0.1) is 0 Å². The van der Waals surface area contributed by atoms with Gasteiger partial charge >= 0.3 is 6.16 Å². The van der Waals surface area contributed by atoms with Gasteiger partial charge in [-0.15, -0.1) is 11.3 Å². The molecule has 1 atom stereocenters. The number of fused-ring (bicyclic) bond motifs is 1. The maximum Gasteiger partial charge on any atom is 0.511 e. The molecule has 3 aromatic rings. The second kappa shape index (κ2) is 12.1. The molecule has 1 aliphatic heterocycles. The molecule has 0 spiro atoms. The van der Waals surface area contributed by atoms with Gasteiger partial charge < -0.3 is 19.5 Å². The van der Waals surface area contributed by atoms with Gasteiger partial charge in [-0.2, -0.15) is 0 Å². The molecule has 13 heteroatoms. The Morgan fingerprint density at radius 3 is 2.59 bits per heavy atom. The summed E-state index contributed by atoms with van der Waals surface area (Å²) in [5, 5.41) is 2.67. The number of hydrogen-bond donors (Lipinski definition) is 1. The van der Waals surface area contributed by atoms with Gasteiger partial charge in [-0.25, -0.2) is 18.2 Å². The van der Waals surface area contributed by atoms with Crippen molar-refractivity contribution >= 4 is 56.6 Å². The number of pyridine rings is 1. The van der Waals surface area contributed by atoms with Gasteiger partial charge in [0.2, 0.25) is 6.29 Å². The summed E-state index contributed by atoms with van der Waals surface area (Å²) in [6.45, 7) is 3.11. The molecule has 0 fully saturated rings. The molecule has 4 rings (SSSR count). The molecule has 39 heavy (non-hydrogen) atoms. The number of hydrogen-bond acceptors (Lipinski definition) is 9. The third-order valence-electron chi connectivity index (χ3n) is 5.63. The molecule has 1 amide bonds. The number of benzene rings is 1. The molecule has 0 bridgehead atoms. The molecule has 0 radical (unpaired) electrons. The van der Waals surface area contributed by atoms with Crippen LogP contribution in [0.15, 0.2) is 65.2 Å². The van der Waals surface area contributed by atoms with E-state index in [2.05, 4.69) is 10.3 Å². The molecule has 1 unspecified atom stereocenters. The maximum atomic E-state index is 13.5. The summed E-state index contributed by atoms with van der Waals surface area (Å²) < 4.78 is 43.1. The molecule has 0 saturated heterocycles. The predicted octanol–water partition coefficient (Wildman–Crippen LogP) is 5.06. The average molecular weight is 592 g/mol. The molecule has 2 aromatic heterocycles. The van der Waals surface area contributed by atoms with E-state index in [9.17, 15) is 18.0 Å². The first-order chi connectivity index (χ1) is 18.6. The van der Waals surface area contributed by atoms with Gasteiger partial charge in [0.25, 0.3) is 15.9 Å². The Hall–Kier alpha value is -3.61. The molecule has 10 nitrogen and oxygen atoms in total. The summed E-state index contributed by atoms with van der Waals surface area (Å²) in [6.07, 6.45) is -0.798. The highest BCUT2D eigenvalue weighted by Gasteiger charge is 2.41. The standard InChI is InChI=1S/C26H26ClN3O7S2/c1-4-35-26(32)37-16(2)36-23-22(30(3)39(33,34)19-15-20(27)38-24(19)23)25(31)29-21-12-8-11-18(28-21)14-13-17-9-6-5-7-10-17/h5-12,15-16H,4,13-14H2,1-3H3,(H,28,29,31). The zero-order chi connectivity index (χ0) is 28.2. The molecule has 206 valence electrons. The molecule has 3 heterocycles. The molecule has 1 N–H and O–H groups in total. The number of aryl methyl sites for hydroxylation is 2. The van der Waals surface area contributed by atoms with E-state index in [4.69, 9.17) is 25.8 Å². The van der Waals surface area contributed by atoms with E-state index >= 15 is 0 Å². The number of thiophene rings is 1. The van der Waals surface area contributed by atoms with Crippen LogP contribution in [-0.2, 0) is 41.9 Å². The van der Waals surface area contributed by atoms with Crippen LogP contribution in [0.2, 0.25) is 4.34 Å². The van der Waals surface area contributed by atoms with Gasteiger partial charge in [0.15, 0.2) is 11.5 Å². The number of ether oxygens (including phenoxy) is 3. The Morgan fingerprint density at radius 2 is 1.87 bits per heavy atom. The smallest absolute Gasteiger partial charge is 0.451 e. The van der Waals surface area contributed by atoms with Crippen molar-refractivity contribution < 1.29 is 32.2 Å². The van der Waals surface area contributed by atoms with Gasteiger partial charge in [-0.05, 0) is 43.5 Å². The highest BCUT2D eigenvalue weighted by Crippen LogP contribution is 2.44. The minimum Gasteiger partial charge on any atom is -0.451 e. The number of carbonyl (C=O) groups excluding carboxylic acids is 2. The number of likely N-dealkylation sites (N-methyl/N-ethyl adjacent to an activating group) is 1. The number of amides is 1. The first-order valence-electron chi connectivity index (χ1n) is 11.9. The van der Waals surface area contributed by atoms with Crippen LogP contribution in [0.1, 0.15) is 30.0 Å².